The highest BCUT2D eigenvalue weighted by atomic mass is 19.3. The van der Waals surface area contributed by atoms with Crippen LogP contribution in [-0.2, 0) is 6.42 Å². The maximum Gasteiger partial charge on any atom is 0.337 e. The quantitative estimate of drug-likeness (QED) is 0.784. The van der Waals surface area contributed by atoms with Gasteiger partial charge in [0.1, 0.15) is 0 Å². The minimum Gasteiger partial charge on any atom is -0.493 e. The molecule has 0 aromatic heterocycles. The number of nitrogens with one attached hydrogen (secondary N) is 1. The number of hydrazone groups is 1. The normalized spacial score (nSPS) is 19.3. The summed E-state index contributed by atoms with van der Waals surface area (Å²) < 4.78 is 37.8. The van der Waals surface area contributed by atoms with E-state index in [0.29, 0.717) is 34.9 Å². The summed E-state index contributed by atoms with van der Waals surface area (Å²) in [4.78, 5) is 14.2. The number of benzene rings is 2. The fraction of sp³-hybridized carbons (Fsp3) is 0.391. The third kappa shape index (κ3) is 3.94. The van der Waals surface area contributed by atoms with Gasteiger partial charge in [-0.05, 0) is 43.2 Å². The zero-order chi connectivity index (χ0) is 23.0. The molecular formula is C23H26F2N4O3. The van der Waals surface area contributed by atoms with Crippen LogP contribution in [0, 0.1) is 0 Å². The zero-order valence-corrected chi connectivity index (χ0v) is 18.5. The number of halogens is 2. The van der Waals surface area contributed by atoms with Crippen molar-refractivity contribution in [3.05, 3.63) is 53.1 Å². The number of alkyl halides is 2. The molecule has 1 saturated heterocycles. The molecule has 0 saturated carbocycles. The van der Waals surface area contributed by atoms with Crippen LogP contribution in [0.5, 0.6) is 11.5 Å². The van der Waals surface area contributed by atoms with Crippen molar-refractivity contribution in [2.45, 2.75) is 25.3 Å². The van der Waals surface area contributed by atoms with Crippen molar-refractivity contribution in [2.24, 2.45) is 5.10 Å². The number of amides is 2. The van der Waals surface area contributed by atoms with Gasteiger partial charge < -0.3 is 19.7 Å². The zero-order valence-electron chi connectivity index (χ0n) is 18.5. The Morgan fingerprint density at radius 1 is 1.16 bits per heavy atom. The lowest BCUT2D eigenvalue weighted by Crippen LogP contribution is -2.56. The summed E-state index contributed by atoms with van der Waals surface area (Å²) in [7, 11) is 4.68. The molecule has 2 aromatic carbocycles. The molecule has 2 heterocycles. The maximum atomic E-state index is 13.4. The van der Waals surface area contributed by atoms with E-state index in [1.165, 1.54) is 5.01 Å². The summed E-state index contributed by atoms with van der Waals surface area (Å²) in [5.74, 6) is -1.54. The van der Waals surface area contributed by atoms with Gasteiger partial charge in [0, 0.05) is 23.9 Å². The lowest BCUT2D eigenvalue weighted by Gasteiger charge is -2.40. The molecule has 7 nitrogen and oxygen atoms in total. The number of hydrogen-bond donors (Lipinski definition) is 1. The molecule has 1 fully saturated rings. The standard InChI is InChI=1S/C23H26F2N4O3/c1-14-8-16-10-19(31-3)20(32-4)11-18(16)21(27-29(14)22(30)26-2)15-6-5-7-17(9-15)28-12-23(24,25)13-28/h5-7,9-11,14H,8,12-13H2,1-4H3,(H,26,30). The lowest BCUT2D eigenvalue weighted by atomic mass is 9.93. The van der Waals surface area contributed by atoms with Crippen molar-refractivity contribution < 1.29 is 23.0 Å². The summed E-state index contributed by atoms with van der Waals surface area (Å²) >= 11 is 0. The Kier molecular flexibility index (Phi) is 5.66. The molecule has 1 N–H and O–H groups in total. The molecule has 0 spiro atoms. The maximum absolute atomic E-state index is 13.4. The number of carbonyl (C=O) groups is 1. The molecule has 32 heavy (non-hydrogen) atoms. The monoisotopic (exact) mass is 444 g/mol. The topological polar surface area (TPSA) is 66.4 Å². The van der Waals surface area contributed by atoms with Crippen LogP contribution in [0.15, 0.2) is 41.5 Å². The largest absolute Gasteiger partial charge is 0.493 e. The van der Waals surface area contributed by atoms with E-state index in [9.17, 15) is 13.6 Å². The molecule has 0 aliphatic carbocycles. The van der Waals surface area contributed by atoms with Crippen LogP contribution < -0.4 is 19.7 Å². The first kappa shape index (κ1) is 21.9. The van der Waals surface area contributed by atoms with Crippen LogP contribution in [-0.4, -0.2) is 63.1 Å². The van der Waals surface area contributed by atoms with E-state index in [2.05, 4.69) is 5.32 Å². The molecule has 2 aliphatic heterocycles. The molecule has 9 heteroatoms. The molecule has 2 aromatic rings. The van der Waals surface area contributed by atoms with E-state index in [-0.39, 0.29) is 25.2 Å². The first-order valence-corrected chi connectivity index (χ1v) is 10.3. The first-order valence-electron chi connectivity index (χ1n) is 10.3. The van der Waals surface area contributed by atoms with Gasteiger partial charge in [-0.25, -0.2) is 18.6 Å². The van der Waals surface area contributed by atoms with Crippen molar-refractivity contribution in [3.63, 3.8) is 0 Å². The minimum atomic E-state index is -2.67. The first-order chi connectivity index (χ1) is 15.3. The van der Waals surface area contributed by atoms with Gasteiger partial charge in [-0.1, -0.05) is 12.1 Å². The Morgan fingerprint density at radius 2 is 1.84 bits per heavy atom. The molecule has 2 amide bonds. The number of nitrogens with zero attached hydrogens (tertiary/aromatic N) is 3. The number of methoxy groups -OCH3 is 2. The molecule has 170 valence electrons. The fourth-order valence-electron chi connectivity index (χ4n) is 4.09. The Labute approximate surface area is 185 Å². The van der Waals surface area contributed by atoms with Crippen LogP contribution in [0.1, 0.15) is 23.6 Å². The Hall–Kier alpha value is -3.36. The van der Waals surface area contributed by atoms with Crippen molar-refractivity contribution in [3.8, 4) is 11.5 Å². The van der Waals surface area contributed by atoms with Crippen LogP contribution in [0.3, 0.4) is 0 Å². The van der Waals surface area contributed by atoms with E-state index in [1.807, 2.05) is 37.3 Å². The number of carbonyl (C=O) groups excluding carboxylic acids is 1. The highest BCUT2D eigenvalue weighted by molar-refractivity contribution is 6.15. The van der Waals surface area contributed by atoms with Crippen molar-refractivity contribution in [1.29, 1.82) is 0 Å². The highest BCUT2D eigenvalue weighted by Crippen LogP contribution is 2.36. The second-order valence-electron chi connectivity index (χ2n) is 8.03. The Balaban J connectivity index is 1.85. The smallest absolute Gasteiger partial charge is 0.337 e. The van der Waals surface area contributed by atoms with Crippen LogP contribution >= 0.6 is 0 Å². The van der Waals surface area contributed by atoms with Gasteiger partial charge in [-0.2, -0.15) is 5.10 Å². The average Bonchev–Trinajstić information content (AvgIpc) is 2.91. The van der Waals surface area contributed by atoms with E-state index < -0.39 is 5.92 Å². The predicted molar refractivity (Wildman–Crippen MR) is 118 cm³/mol. The summed E-state index contributed by atoms with van der Waals surface area (Å²) in [5.41, 5.74) is 3.70. The van der Waals surface area contributed by atoms with Crippen LogP contribution in [0.4, 0.5) is 19.3 Å². The third-order valence-electron chi connectivity index (χ3n) is 5.76. The molecule has 0 radical (unpaired) electrons. The van der Waals surface area contributed by atoms with Gasteiger partial charge in [0.2, 0.25) is 0 Å². The summed E-state index contributed by atoms with van der Waals surface area (Å²) in [5, 5.41) is 8.77. The number of anilines is 1. The van der Waals surface area contributed by atoms with Gasteiger partial charge in [0.05, 0.1) is 39.1 Å². The molecule has 0 bridgehead atoms. The molecule has 2 aliphatic rings. The Bertz CT molecular complexity index is 1070. The number of hydrogen-bond acceptors (Lipinski definition) is 5. The number of ether oxygens (including phenoxy) is 2. The molecule has 4 rings (SSSR count). The molecule has 1 atom stereocenters. The number of urea groups is 1. The van der Waals surface area contributed by atoms with Crippen LogP contribution in [0.2, 0.25) is 0 Å². The van der Waals surface area contributed by atoms with Gasteiger partial charge in [-0.15, -0.1) is 0 Å². The highest BCUT2D eigenvalue weighted by Gasteiger charge is 2.44. The molecular weight excluding hydrogens is 418 g/mol. The van der Waals surface area contributed by atoms with E-state index in [0.717, 1.165) is 11.1 Å². The van der Waals surface area contributed by atoms with E-state index >= 15 is 0 Å². The second-order valence-corrected chi connectivity index (χ2v) is 8.03. The third-order valence-corrected chi connectivity index (χ3v) is 5.76. The van der Waals surface area contributed by atoms with Gasteiger partial charge in [0.15, 0.2) is 11.5 Å². The SMILES string of the molecule is CNC(=O)N1N=C(c2cccc(N3CC(F)(F)C3)c2)c2cc(OC)c(OC)cc2CC1C. The molecule has 1 unspecified atom stereocenters. The summed E-state index contributed by atoms with van der Waals surface area (Å²) in [6.07, 6.45) is 0.550. The van der Waals surface area contributed by atoms with Crippen LogP contribution in [0.25, 0.3) is 0 Å². The van der Waals surface area contributed by atoms with Crippen molar-refractivity contribution >= 4 is 17.4 Å². The second kappa shape index (κ2) is 8.29. The number of rotatable bonds is 4. The number of fused-ring (bicyclic) bond motifs is 1. The Morgan fingerprint density at radius 3 is 2.47 bits per heavy atom. The minimum absolute atomic E-state index is 0.221. The van der Waals surface area contributed by atoms with Crippen molar-refractivity contribution in [1.82, 2.24) is 10.3 Å². The van der Waals surface area contributed by atoms with Crippen molar-refractivity contribution in [2.75, 3.05) is 39.3 Å². The summed E-state index contributed by atoms with van der Waals surface area (Å²) in [6, 6.07) is 10.5. The van der Waals surface area contributed by atoms with E-state index in [4.69, 9.17) is 14.6 Å². The van der Waals surface area contributed by atoms with Gasteiger partial charge in [0.25, 0.3) is 5.92 Å². The predicted octanol–water partition coefficient (Wildman–Crippen LogP) is 3.50. The lowest BCUT2D eigenvalue weighted by molar-refractivity contribution is -0.0262. The average molecular weight is 444 g/mol. The fourth-order valence-corrected chi connectivity index (χ4v) is 4.09. The summed E-state index contributed by atoms with van der Waals surface area (Å²) in [6.45, 7) is 1.29. The van der Waals surface area contributed by atoms with Gasteiger partial charge in [-0.3, -0.25) is 0 Å². The van der Waals surface area contributed by atoms with E-state index in [1.54, 1.807) is 32.2 Å². The van der Waals surface area contributed by atoms with Gasteiger partial charge >= 0.3 is 6.03 Å².